The number of aryl methyl sites for hydroxylation is 1. The van der Waals surface area contributed by atoms with Gasteiger partial charge in [0.25, 0.3) is 0 Å². The molecule has 1 aromatic heterocycles. The van der Waals surface area contributed by atoms with Gasteiger partial charge >= 0.3 is 0 Å². The third-order valence-corrected chi connectivity index (χ3v) is 6.79. The highest BCUT2D eigenvalue weighted by Crippen LogP contribution is 2.16. The average molecular weight is 421 g/mol. The third-order valence-electron chi connectivity index (χ3n) is 5.16. The van der Waals surface area contributed by atoms with E-state index in [9.17, 15) is 13.2 Å². The molecule has 0 saturated carbocycles. The van der Waals surface area contributed by atoms with E-state index in [2.05, 4.69) is 27.3 Å². The molecule has 29 heavy (non-hydrogen) atoms. The number of likely N-dealkylation sites (tertiary alicyclic amines) is 1. The summed E-state index contributed by atoms with van der Waals surface area (Å²) >= 11 is 0. The van der Waals surface area contributed by atoms with Gasteiger partial charge in [-0.3, -0.25) is 9.69 Å². The fraction of sp³-hybridized carbons (Fsp3) is 0.550. The molecule has 1 saturated heterocycles. The summed E-state index contributed by atoms with van der Waals surface area (Å²) in [5.74, 6) is -0.0430. The van der Waals surface area contributed by atoms with Crippen molar-refractivity contribution in [2.75, 3.05) is 19.6 Å². The summed E-state index contributed by atoms with van der Waals surface area (Å²) in [6.45, 7) is 4.79. The molecule has 1 N–H and O–H groups in total. The van der Waals surface area contributed by atoms with Crippen molar-refractivity contribution in [3.8, 4) is 0 Å². The van der Waals surface area contributed by atoms with E-state index in [1.165, 1.54) is 31.4 Å². The number of amides is 1. The minimum atomic E-state index is -3.53. The Kier molecular flexibility index (Phi) is 7.38. The lowest BCUT2D eigenvalue weighted by Gasteiger charge is -2.33. The van der Waals surface area contributed by atoms with Crippen LogP contribution < -0.4 is 5.32 Å². The first-order valence-electron chi connectivity index (χ1n) is 10.0. The lowest BCUT2D eigenvalue weighted by molar-refractivity contribution is -0.121. The molecule has 1 amide bonds. The molecule has 1 aliphatic heterocycles. The molecule has 1 aliphatic rings. The highest BCUT2D eigenvalue weighted by molar-refractivity contribution is 7.90. The standard InChI is InChI=1S/C20H28N4O4S/c1-16-7-5-6-13-24(16)14-12-21-19(25)10-11-20-22-18(23-28-20)15-29(26,27)17-8-3-2-4-9-17/h2-4,8-9,16H,5-7,10-15H2,1H3,(H,21,25)/t16-/m0/s1. The summed E-state index contributed by atoms with van der Waals surface area (Å²) in [5.41, 5.74) is 0. The Hall–Kier alpha value is -2.26. The fourth-order valence-electron chi connectivity index (χ4n) is 3.47. The van der Waals surface area contributed by atoms with Gasteiger partial charge in [0.15, 0.2) is 15.7 Å². The van der Waals surface area contributed by atoms with Crippen LogP contribution in [0.1, 0.15) is 44.3 Å². The number of carbonyl (C=O) groups excluding carboxylic acids is 1. The SMILES string of the molecule is C[C@H]1CCCCN1CCNC(=O)CCc1nc(CS(=O)(=O)c2ccccc2)no1. The van der Waals surface area contributed by atoms with Crippen LogP contribution in [0.4, 0.5) is 0 Å². The van der Waals surface area contributed by atoms with Gasteiger partial charge in [-0.25, -0.2) is 8.42 Å². The number of hydrogen-bond acceptors (Lipinski definition) is 7. The van der Waals surface area contributed by atoms with Crippen molar-refractivity contribution in [3.05, 3.63) is 42.0 Å². The van der Waals surface area contributed by atoms with Gasteiger partial charge in [0, 0.05) is 32.0 Å². The van der Waals surface area contributed by atoms with E-state index in [0.717, 1.165) is 13.1 Å². The number of carbonyl (C=O) groups is 1. The molecule has 158 valence electrons. The number of hydrogen-bond donors (Lipinski definition) is 1. The normalized spacial score (nSPS) is 17.9. The Morgan fingerprint density at radius 3 is 2.83 bits per heavy atom. The summed E-state index contributed by atoms with van der Waals surface area (Å²) in [5, 5.41) is 6.65. The second kappa shape index (κ2) is 9.98. The van der Waals surface area contributed by atoms with Crippen molar-refractivity contribution in [2.24, 2.45) is 0 Å². The summed E-state index contributed by atoms with van der Waals surface area (Å²) in [4.78, 5) is 18.8. The number of nitrogens with one attached hydrogen (secondary N) is 1. The minimum absolute atomic E-state index is 0.0775. The Morgan fingerprint density at radius 1 is 1.28 bits per heavy atom. The number of piperidine rings is 1. The van der Waals surface area contributed by atoms with Gasteiger partial charge in [-0.2, -0.15) is 4.98 Å². The van der Waals surface area contributed by atoms with Crippen molar-refractivity contribution < 1.29 is 17.7 Å². The van der Waals surface area contributed by atoms with Crippen LogP contribution in [-0.2, 0) is 26.8 Å². The zero-order valence-electron chi connectivity index (χ0n) is 16.7. The maximum absolute atomic E-state index is 12.4. The number of rotatable bonds is 9. The molecule has 2 heterocycles. The molecule has 0 bridgehead atoms. The molecular formula is C20H28N4O4S. The predicted molar refractivity (Wildman–Crippen MR) is 108 cm³/mol. The van der Waals surface area contributed by atoms with Crippen molar-refractivity contribution in [2.45, 2.75) is 55.7 Å². The van der Waals surface area contributed by atoms with E-state index in [4.69, 9.17) is 4.52 Å². The molecule has 1 aromatic carbocycles. The van der Waals surface area contributed by atoms with Gasteiger partial charge in [-0.05, 0) is 38.4 Å². The van der Waals surface area contributed by atoms with Crippen LogP contribution in [0.5, 0.6) is 0 Å². The van der Waals surface area contributed by atoms with Crippen LogP contribution in [0.25, 0.3) is 0 Å². The second-order valence-corrected chi connectivity index (χ2v) is 9.40. The molecule has 9 heteroatoms. The maximum atomic E-state index is 12.4. The quantitative estimate of drug-likeness (QED) is 0.661. The highest BCUT2D eigenvalue weighted by Gasteiger charge is 2.20. The number of aromatic nitrogens is 2. The van der Waals surface area contributed by atoms with Gasteiger partial charge in [0.1, 0.15) is 5.75 Å². The van der Waals surface area contributed by atoms with Crippen molar-refractivity contribution in [1.29, 1.82) is 0 Å². The number of nitrogens with zero attached hydrogens (tertiary/aromatic N) is 3. The molecule has 1 atom stereocenters. The number of benzene rings is 1. The van der Waals surface area contributed by atoms with E-state index in [0.29, 0.717) is 12.6 Å². The second-order valence-electron chi connectivity index (χ2n) is 7.41. The molecule has 0 unspecified atom stereocenters. The van der Waals surface area contributed by atoms with Crippen LogP contribution in [0.15, 0.2) is 39.8 Å². The molecule has 1 fully saturated rings. The Bertz CT molecular complexity index is 898. The first-order valence-corrected chi connectivity index (χ1v) is 11.7. The Morgan fingerprint density at radius 2 is 2.07 bits per heavy atom. The third kappa shape index (κ3) is 6.37. The summed E-state index contributed by atoms with van der Waals surface area (Å²) in [7, 11) is -3.53. The molecule has 2 aromatic rings. The van der Waals surface area contributed by atoms with E-state index in [-0.39, 0.29) is 41.1 Å². The van der Waals surface area contributed by atoms with Gasteiger partial charge in [-0.15, -0.1) is 0 Å². The number of sulfone groups is 1. The predicted octanol–water partition coefficient (Wildman–Crippen LogP) is 1.97. The molecule has 0 aliphatic carbocycles. The van der Waals surface area contributed by atoms with Gasteiger partial charge < -0.3 is 9.84 Å². The summed E-state index contributed by atoms with van der Waals surface area (Å²) in [6.07, 6.45) is 4.22. The van der Waals surface area contributed by atoms with Crippen molar-refractivity contribution in [1.82, 2.24) is 20.4 Å². The van der Waals surface area contributed by atoms with Crippen LogP contribution in [-0.4, -0.2) is 55.0 Å². The maximum Gasteiger partial charge on any atom is 0.227 e. The Labute approximate surface area is 171 Å². The largest absolute Gasteiger partial charge is 0.355 e. The zero-order valence-corrected chi connectivity index (χ0v) is 17.5. The molecular weight excluding hydrogens is 392 g/mol. The summed E-state index contributed by atoms with van der Waals surface area (Å²) < 4.78 is 29.8. The van der Waals surface area contributed by atoms with E-state index < -0.39 is 9.84 Å². The monoisotopic (exact) mass is 420 g/mol. The van der Waals surface area contributed by atoms with Gasteiger partial charge in [0.05, 0.1) is 4.90 Å². The van der Waals surface area contributed by atoms with E-state index in [1.54, 1.807) is 18.2 Å². The lowest BCUT2D eigenvalue weighted by atomic mass is 10.0. The van der Waals surface area contributed by atoms with Gasteiger partial charge in [-0.1, -0.05) is 29.8 Å². The zero-order chi connectivity index (χ0) is 20.7. The van der Waals surface area contributed by atoms with E-state index in [1.807, 2.05) is 0 Å². The van der Waals surface area contributed by atoms with E-state index >= 15 is 0 Å². The summed E-state index contributed by atoms with van der Waals surface area (Å²) in [6, 6.07) is 8.72. The molecule has 0 spiro atoms. The average Bonchev–Trinajstić information content (AvgIpc) is 3.15. The molecule has 8 nitrogen and oxygen atoms in total. The van der Waals surface area contributed by atoms with Gasteiger partial charge in [0.2, 0.25) is 11.8 Å². The Balaban J connectivity index is 1.41. The smallest absolute Gasteiger partial charge is 0.227 e. The van der Waals surface area contributed by atoms with Crippen molar-refractivity contribution in [3.63, 3.8) is 0 Å². The van der Waals surface area contributed by atoms with Crippen LogP contribution in [0.3, 0.4) is 0 Å². The fourth-order valence-corrected chi connectivity index (χ4v) is 4.66. The topological polar surface area (TPSA) is 105 Å². The minimum Gasteiger partial charge on any atom is -0.355 e. The highest BCUT2D eigenvalue weighted by atomic mass is 32.2. The van der Waals surface area contributed by atoms with Crippen LogP contribution in [0, 0.1) is 0 Å². The van der Waals surface area contributed by atoms with Crippen LogP contribution in [0.2, 0.25) is 0 Å². The van der Waals surface area contributed by atoms with Crippen LogP contribution >= 0.6 is 0 Å². The first kappa shape index (κ1) is 21.4. The lowest BCUT2D eigenvalue weighted by Crippen LogP contribution is -2.42. The molecule has 3 rings (SSSR count). The molecule has 0 radical (unpaired) electrons. The first-order chi connectivity index (χ1) is 13.9. The van der Waals surface area contributed by atoms with Crippen molar-refractivity contribution >= 4 is 15.7 Å².